The standard InChI is InChI=1S/C13H15ClN4O3/c1-8(7-19)16-13(20)15-6-11-17-12(18-21-11)9-2-4-10(14)5-3-9/h2-5,8,19H,6-7H2,1H3,(H2,15,16,20). The van der Waals surface area contributed by atoms with Gasteiger partial charge in [-0.2, -0.15) is 4.98 Å². The van der Waals surface area contributed by atoms with Crippen molar-refractivity contribution >= 4 is 17.6 Å². The number of urea groups is 1. The Bertz CT molecular complexity index is 600. The number of aliphatic hydroxyl groups is 1. The van der Waals surface area contributed by atoms with Gasteiger partial charge in [0, 0.05) is 10.6 Å². The Labute approximate surface area is 126 Å². The van der Waals surface area contributed by atoms with Gasteiger partial charge in [0.1, 0.15) is 0 Å². The van der Waals surface area contributed by atoms with Gasteiger partial charge in [-0.05, 0) is 31.2 Å². The minimum absolute atomic E-state index is 0.102. The third kappa shape index (κ3) is 4.44. The average Bonchev–Trinajstić information content (AvgIpc) is 2.94. The minimum Gasteiger partial charge on any atom is -0.394 e. The maximum Gasteiger partial charge on any atom is 0.315 e. The first-order valence-corrected chi connectivity index (χ1v) is 6.70. The first-order chi connectivity index (χ1) is 10.1. The lowest BCUT2D eigenvalue weighted by molar-refractivity contribution is 0.219. The van der Waals surface area contributed by atoms with Gasteiger partial charge in [-0.25, -0.2) is 4.79 Å². The lowest BCUT2D eigenvalue weighted by Crippen LogP contribution is -2.42. The van der Waals surface area contributed by atoms with Crippen molar-refractivity contribution in [3.63, 3.8) is 0 Å². The topological polar surface area (TPSA) is 100 Å². The zero-order chi connectivity index (χ0) is 15.2. The van der Waals surface area contributed by atoms with E-state index in [1.807, 2.05) is 0 Å². The monoisotopic (exact) mass is 310 g/mol. The van der Waals surface area contributed by atoms with E-state index in [9.17, 15) is 4.79 Å². The number of nitrogens with zero attached hydrogens (tertiary/aromatic N) is 2. The number of benzene rings is 1. The van der Waals surface area contributed by atoms with Crippen LogP contribution in [-0.2, 0) is 6.54 Å². The van der Waals surface area contributed by atoms with Gasteiger partial charge in [0.15, 0.2) is 0 Å². The molecule has 8 heteroatoms. The first-order valence-electron chi connectivity index (χ1n) is 6.32. The predicted octanol–water partition coefficient (Wildman–Crippen LogP) is 1.57. The van der Waals surface area contributed by atoms with Crippen LogP contribution in [0.15, 0.2) is 28.8 Å². The van der Waals surface area contributed by atoms with Gasteiger partial charge in [0.2, 0.25) is 11.7 Å². The molecule has 0 fully saturated rings. The number of amides is 2. The maximum absolute atomic E-state index is 11.5. The molecule has 0 saturated heterocycles. The highest BCUT2D eigenvalue weighted by molar-refractivity contribution is 6.30. The Hall–Kier alpha value is -2.12. The van der Waals surface area contributed by atoms with E-state index in [1.54, 1.807) is 31.2 Å². The van der Waals surface area contributed by atoms with E-state index in [2.05, 4.69) is 20.8 Å². The van der Waals surface area contributed by atoms with E-state index in [0.29, 0.717) is 10.8 Å². The second-order valence-corrected chi connectivity index (χ2v) is 4.87. The second-order valence-electron chi connectivity index (χ2n) is 4.43. The zero-order valence-corrected chi connectivity index (χ0v) is 12.1. The molecule has 0 aliphatic heterocycles. The van der Waals surface area contributed by atoms with Gasteiger partial charge in [-0.3, -0.25) is 0 Å². The highest BCUT2D eigenvalue weighted by atomic mass is 35.5. The number of carbonyl (C=O) groups excluding carboxylic acids is 1. The van der Waals surface area contributed by atoms with E-state index in [0.717, 1.165) is 5.56 Å². The molecule has 1 unspecified atom stereocenters. The van der Waals surface area contributed by atoms with Crippen LogP contribution in [0.25, 0.3) is 11.4 Å². The summed E-state index contributed by atoms with van der Waals surface area (Å²) in [7, 11) is 0. The molecule has 112 valence electrons. The van der Waals surface area contributed by atoms with Crippen LogP contribution < -0.4 is 10.6 Å². The summed E-state index contributed by atoms with van der Waals surface area (Å²) in [5.41, 5.74) is 0.771. The molecule has 2 aromatic rings. The summed E-state index contributed by atoms with van der Waals surface area (Å²) in [5, 5.41) is 18.4. The zero-order valence-electron chi connectivity index (χ0n) is 11.3. The lowest BCUT2D eigenvalue weighted by Gasteiger charge is -2.10. The van der Waals surface area contributed by atoms with Gasteiger partial charge in [0.25, 0.3) is 0 Å². The molecular formula is C13H15ClN4O3. The largest absolute Gasteiger partial charge is 0.394 e. The smallest absolute Gasteiger partial charge is 0.315 e. The summed E-state index contributed by atoms with van der Waals surface area (Å²) < 4.78 is 5.05. The Morgan fingerprint density at radius 2 is 2.14 bits per heavy atom. The molecule has 1 aromatic carbocycles. The second kappa shape index (κ2) is 7.05. The summed E-state index contributed by atoms with van der Waals surface area (Å²) in [5.74, 6) is 0.708. The fourth-order valence-corrected chi connectivity index (χ4v) is 1.65. The van der Waals surface area contributed by atoms with Crippen LogP contribution in [0.1, 0.15) is 12.8 Å². The van der Waals surface area contributed by atoms with Crippen LogP contribution in [0.2, 0.25) is 5.02 Å². The molecule has 7 nitrogen and oxygen atoms in total. The van der Waals surface area contributed by atoms with Crippen molar-refractivity contribution < 1.29 is 14.4 Å². The number of rotatable bonds is 5. The summed E-state index contributed by atoms with van der Waals surface area (Å²) >= 11 is 5.81. The number of carbonyl (C=O) groups is 1. The highest BCUT2D eigenvalue weighted by Gasteiger charge is 2.10. The van der Waals surface area contributed by atoms with Crippen LogP contribution in [0, 0.1) is 0 Å². The van der Waals surface area contributed by atoms with Crippen molar-refractivity contribution in [3.05, 3.63) is 35.2 Å². The van der Waals surface area contributed by atoms with Crippen molar-refractivity contribution in [2.45, 2.75) is 19.5 Å². The number of halogens is 1. The molecule has 0 aliphatic rings. The van der Waals surface area contributed by atoms with Crippen LogP contribution in [0.4, 0.5) is 4.79 Å². The molecule has 0 bridgehead atoms. The molecule has 1 heterocycles. The van der Waals surface area contributed by atoms with Crippen molar-refractivity contribution in [3.8, 4) is 11.4 Å². The number of aromatic nitrogens is 2. The highest BCUT2D eigenvalue weighted by Crippen LogP contribution is 2.18. The van der Waals surface area contributed by atoms with Crippen LogP contribution >= 0.6 is 11.6 Å². The number of nitrogens with one attached hydrogen (secondary N) is 2. The Morgan fingerprint density at radius 1 is 1.43 bits per heavy atom. The van der Waals surface area contributed by atoms with Gasteiger partial charge < -0.3 is 20.3 Å². The van der Waals surface area contributed by atoms with Crippen molar-refractivity contribution in [1.29, 1.82) is 0 Å². The molecule has 21 heavy (non-hydrogen) atoms. The predicted molar refractivity (Wildman–Crippen MR) is 76.7 cm³/mol. The lowest BCUT2D eigenvalue weighted by atomic mass is 10.2. The van der Waals surface area contributed by atoms with Crippen molar-refractivity contribution in [2.24, 2.45) is 0 Å². The van der Waals surface area contributed by atoms with E-state index in [4.69, 9.17) is 21.2 Å². The Kier molecular flexibility index (Phi) is 5.13. The summed E-state index contributed by atoms with van der Waals surface area (Å²) in [6.07, 6.45) is 0. The Balaban J connectivity index is 1.91. The Morgan fingerprint density at radius 3 is 2.81 bits per heavy atom. The van der Waals surface area contributed by atoms with E-state index in [1.165, 1.54) is 0 Å². The molecular weight excluding hydrogens is 296 g/mol. The van der Waals surface area contributed by atoms with Crippen molar-refractivity contribution in [2.75, 3.05) is 6.61 Å². The molecule has 0 spiro atoms. The molecule has 1 aromatic heterocycles. The van der Waals surface area contributed by atoms with Gasteiger partial charge in [-0.15, -0.1) is 0 Å². The number of hydrogen-bond donors (Lipinski definition) is 3. The third-order valence-electron chi connectivity index (χ3n) is 2.62. The first kappa shape index (κ1) is 15.3. The number of hydrogen-bond acceptors (Lipinski definition) is 5. The molecule has 0 radical (unpaired) electrons. The van der Waals surface area contributed by atoms with Crippen molar-refractivity contribution in [1.82, 2.24) is 20.8 Å². The van der Waals surface area contributed by atoms with Crippen LogP contribution in [-0.4, -0.2) is 33.9 Å². The normalized spacial score (nSPS) is 12.0. The average molecular weight is 311 g/mol. The third-order valence-corrected chi connectivity index (χ3v) is 2.87. The quantitative estimate of drug-likeness (QED) is 0.778. The van der Waals surface area contributed by atoms with Gasteiger partial charge >= 0.3 is 6.03 Å². The fourth-order valence-electron chi connectivity index (χ4n) is 1.52. The fraction of sp³-hybridized carbons (Fsp3) is 0.308. The maximum atomic E-state index is 11.5. The van der Waals surface area contributed by atoms with E-state index >= 15 is 0 Å². The molecule has 0 saturated carbocycles. The van der Waals surface area contributed by atoms with Gasteiger partial charge in [-0.1, -0.05) is 16.8 Å². The van der Waals surface area contributed by atoms with E-state index in [-0.39, 0.29) is 25.1 Å². The molecule has 2 rings (SSSR count). The molecule has 1 atom stereocenters. The summed E-state index contributed by atoms with van der Waals surface area (Å²) in [4.78, 5) is 15.6. The molecule has 3 N–H and O–H groups in total. The minimum atomic E-state index is -0.414. The van der Waals surface area contributed by atoms with Gasteiger partial charge in [0.05, 0.1) is 19.2 Å². The summed E-state index contributed by atoms with van der Waals surface area (Å²) in [6, 6.07) is 6.28. The SMILES string of the molecule is CC(CO)NC(=O)NCc1nc(-c2ccc(Cl)cc2)no1. The van der Waals surface area contributed by atoms with Crippen LogP contribution in [0.3, 0.4) is 0 Å². The summed E-state index contributed by atoms with van der Waals surface area (Å²) in [6.45, 7) is 1.66. The van der Waals surface area contributed by atoms with E-state index < -0.39 is 6.03 Å². The van der Waals surface area contributed by atoms with Crippen LogP contribution in [0.5, 0.6) is 0 Å². The molecule has 0 aliphatic carbocycles. The number of aliphatic hydroxyl groups excluding tert-OH is 1. The molecule has 2 amide bonds.